The number of aliphatic hydroxyl groups excluding tert-OH is 1. The van der Waals surface area contributed by atoms with E-state index in [2.05, 4.69) is 0 Å². The van der Waals surface area contributed by atoms with E-state index in [9.17, 15) is 9.90 Å². The Kier molecular flexibility index (Phi) is 3.03. The third-order valence-corrected chi connectivity index (χ3v) is 1.97. The Morgan fingerprint density at radius 3 is 2.38 bits per heavy atom. The van der Waals surface area contributed by atoms with Gasteiger partial charge in [0.15, 0.2) is 0 Å². The van der Waals surface area contributed by atoms with Gasteiger partial charge in [-0.1, -0.05) is 19.1 Å². The van der Waals surface area contributed by atoms with Crippen LogP contribution < -0.4 is 5.73 Å². The van der Waals surface area contributed by atoms with Crippen LogP contribution in [0, 0.1) is 0 Å². The molecule has 1 aromatic carbocycles. The predicted molar refractivity (Wildman–Crippen MR) is 50.2 cm³/mol. The molecule has 70 valence electrons. The third-order valence-electron chi connectivity index (χ3n) is 1.97. The average Bonchev–Trinajstić information content (AvgIpc) is 2.17. The first-order chi connectivity index (χ1) is 6.15. The molecule has 0 saturated carbocycles. The molecule has 1 unspecified atom stereocenters. The van der Waals surface area contributed by atoms with Crippen molar-refractivity contribution in [1.29, 1.82) is 0 Å². The SMILES string of the molecule is CCC(O)c1ccc(C(N)=O)cc1. The Hall–Kier alpha value is -1.35. The average molecular weight is 179 g/mol. The fourth-order valence-corrected chi connectivity index (χ4v) is 1.11. The second-order valence-electron chi connectivity index (χ2n) is 2.91. The summed E-state index contributed by atoms with van der Waals surface area (Å²) in [6, 6.07) is 6.68. The summed E-state index contributed by atoms with van der Waals surface area (Å²) in [5.74, 6) is -0.447. The molecule has 0 aliphatic heterocycles. The Morgan fingerprint density at radius 1 is 1.46 bits per heavy atom. The minimum atomic E-state index is -0.457. The van der Waals surface area contributed by atoms with Gasteiger partial charge in [0.2, 0.25) is 5.91 Å². The largest absolute Gasteiger partial charge is 0.388 e. The molecule has 13 heavy (non-hydrogen) atoms. The molecular weight excluding hydrogens is 166 g/mol. The van der Waals surface area contributed by atoms with Crippen molar-refractivity contribution in [2.75, 3.05) is 0 Å². The highest BCUT2D eigenvalue weighted by molar-refractivity contribution is 5.92. The molecule has 0 heterocycles. The molecule has 1 rings (SSSR count). The summed E-state index contributed by atoms with van der Waals surface area (Å²) < 4.78 is 0. The van der Waals surface area contributed by atoms with Crippen LogP contribution in [-0.4, -0.2) is 11.0 Å². The van der Waals surface area contributed by atoms with Crippen molar-refractivity contribution in [1.82, 2.24) is 0 Å². The summed E-state index contributed by atoms with van der Waals surface area (Å²) in [4.78, 5) is 10.7. The summed E-state index contributed by atoms with van der Waals surface area (Å²) >= 11 is 0. The van der Waals surface area contributed by atoms with E-state index in [0.717, 1.165) is 5.56 Å². The molecule has 0 fully saturated rings. The Bertz CT molecular complexity index is 292. The molecule has 1 atom stereocenters. The van der Waals surface area contributed by atoms with Crippen LogP contribution in [-0.2, 0) is 0 Å². The summed E-state index contributed by atoms with van der Waals surface area (Å²) in [6.45, 7) is 1.90. The third kappa shape index (κ3) is 2.29. The van der Waals surface area contributed by atoms with Crippen molar-refractivity contribution in [3.05, 3.63) is 35.4 Å². The van der Waals surface area contributed by atoms with Crippen LogP contribution in [0.5, 0.6) is 0 Å². The Balaban J connectivity index is 2.87. The van der Waals surface area contributed by atoms with Crippen LogP contribution in [0.25, 0.3) is 0 Å². The van der Waals surface area contributed by atoms with Crippen LogP contribution in [0.4, 0.5) is 0 Å². The van der Waals surface area contributed by atoms with Gasteiger partial charge >= 0.3 is 0 Å². The second kappa shape index (κ2) is 4.05. The van der Waals surface area contributed by atoms with Gasteiger partial charge in [0.05, 0.1) is 6.10 Å². The van der Waals surface area contributed by atoms with Crippen molar-refractivity contribution >= 4 is 5.91 Å². The lowest BCUT2D eigenvalue weighted by Gasteiger charge is -2.07. The Morgan fingerprint density at radius 2 is 2.00 bits per heavy atom. The number of amides is 1. The van der Waals surface area contributed by atoms with Crippen molar-refractivity contribution in [2.24, 2.45) is 5.73 Å². The van der Waals surface area contributed by atoms with E-state index in [1.54, 1.807) is 24.3 Å². The number of rotatable bonds is 3. The lowest BCUT2D eigenvalue weighted by atomic mass is 10.1. The molecule has 0 aromatic heterocycles. The number of primary amides is 1. The van der Waals surface area contributed by atoms with Gasteiger partial charge in [-0.05, 0) is 24.1 Å². The minimum Gasteiger partial charge on any atom is -0.388 e. The fraction of sp³-hybridized carbons (Fsp3) is 0.300. The van der Waals surface area contributed by atoms with Crippen LogP contribution in [0.3, 0.4) is 0 Å². The second-order valence-corrected chi connectivity index (χ2v) is 2.91. The zero-order chi connectivity index (χ0) is 9.84. The predicted octanol–water partition coefficient (Wildman–Crippen LogP) is 1.23. The van der Waals surface area contributed by atoms with Gasteiger partial charge in [-0.25, -0.2) is 0 Å². The maximum absolute atomic E-state index is 10.7. The molecule has 0 aliphatic rings. The summed E-state index contributed by atoms with van der Waals surface area (Å²) in [5.41, 5.74) is 6.35. The molecule has 0 aliphatic carbocycles. The van der Waals surface area contributed by atoms with Gasteiger partial charge in [-0.2, -0.15) is 0 Å². The lowest BCUT2D eigenvalue weighted by Crippen LogP contribution is -2.10. The van der Waals surface area contributed by atoms with Crippen molar-refractivity contribution in [3.8, 4) is 0 Å². The van der Waals surface area contributed by atoms with Crippen LogP contribution in [0.15, 0.2) is 24.3 Å². The summed E-state index contributed by atoms with van der Waals surface area (Å²) in [5, 5.41) is 9.44. The summed E-state index contributed by atoms with van der Waals surface area (Å²) in [7, 11) is 0. The molecule has 0 bridgehead atoms. The number of nitrogens with two attached hydrogens (primary N) is 1. The van der Waals surface area contributed by atoms with Crippen molar-refractivity contribution in [2.45, 2.75) is 19.4 Å². The molecule has 1 aromatic rings. The maximum atomic E-state index is 10.7. The maximum Gasteiger partial charge on any atom is 0.248 e. The van der Waals surface area contributed by atoms with E-state index in [0.29, 0.717) is 12.0 Å². The first-order valence-electron chi connectivity index (χ1n) is 4.23. The van der Waals surface area contributed by atoms with Gasteiger partial charge in [0.25, 0.3) is 0 Å². The smallest absolute Gasteiger partial charge is 0.248 e. The van der Waals surface area contributed by atoms with Crippen LogP contribution in [0.1, 0.15) is 35.4 Å². The quantitative estimate of drug-likeness (QED) is 0.733. The number of carbonyl (C=O) groups is 1. The first kappa shape index (κ1) is 9.74. The molecule has 3 nitrogen and oxygen atoms in total. The molecule has 0 radical (unpaired) electrons. The van der Waals surface area contributed by atoms with Gasteiger partial charge < -0.3 is 10.8 Å². The van der Waals surface area contributed by atoms with E-state index in [1.165, 1.54) is 0 Å². The van der Waals surface area contributed by atoms with E-state index < -0.39 is 12.0 Å². The molecule has 3 N–H and O–H groups in total. The standard InChI is InChI=1S/C10H13NO2/c1-2-9(12)7-3-5-8(6-4-7)10(11)13/h3-6,9,12H,2H2,1H3,(H2,11,13). The van der Waals surface area contributed by atoms with Crippen LogP contribution in [0.2, 0.25) is 0 Å². The van der Waals surface area contributed by atoms with E-state index in [4.69, 9.17) is 5.73 Å². The minimum absolute atomic E-state index is 0.447. The van der Waals surface area contributed by atoms with Gasteiger partial charge in [0.1, 0.15) is 0 Å². The summed E-state index contributed by atoms with van der Waals surface area (Å²) in [6.07, 6.45) is 0.206. The molecule has 1 amide bonds. The Labute approximate surface area is 77.2 Å². The monoisotopic (exact) mass is 179 g/mol. The normalized spacial score (nSPS) is 12.5. The molecule has 0 spiro atoms. The number of hydrogen-bond acceptors (Lipinski definition) is 2. The highest BCUT2D eigenvalue weighted by Gasteiger charge is 2.05. The fourth-order valence-electron chi connectivity index (χ4n) is 1.11. The van der Waals surface area contributed by atoms with Gasteiger partial charge in [-0.3, -0.25) is 4.79 Å². The van der Waals surface area contributed by atoms with Crippen molar-refractivity contribution < 1.29 is 9.90 Å². The van der Waals surface area contributed by atoms with E-state index >= 15 is 0 Å². The van der Waals surface area contributed by atoms with Gasteiger partial charge in [0, 0.05) is 5.56 Å². The highest BCUT2D eigenvalue weighted by atomic mass is 16.3. The number of benzene rings is 1. The molecular formula is C10H13NO2. The molecule has 3 heteroatoms. The number of carbonyl (C=O) groups excluding carboxylic acids is 1. The zero-order valence-electron chi connectivity index (χ0n) is 7.53. The lowest BCUT2D eigenvalue weighted by molar-refractivity contribution is 0.1000. The first-order valence-corrected chi connectivity index (χ1v) is 4.23. The zero-order valence-corrected chi connectivity index (χ0v) is 7.53. The molecule has 0 saturated heterocycles. The number of hydrogen-bond donors (Lipinski definition) is 2. The van der Waals surface area contributed by atoms with Crippen molar-refractivity contribution in [3.63, 3.8) is 0 Å². The van der Waals surface area contributed by atoms with Gasteiger partial charge in [-0.15, -0.1) is 0 Å². The van der Waals surface area contributed by atoms with E-state index in [1.807, 2.05) is 6.92 Å². The van der Waals surface area contributed by atoms with E-state index in [-0.39, 0.29) is 0 Å². The highest BCUT2D eigenvalue weighted by Crippen LogP contribution is 2.16. The topological polar surface area (TPSA) is 63.3 Å². The number of aliphatic hydroxyl groups is 1. The van der Waals surface area contributed by atoms with Crippen LogP contribution >= 0.6 is 0 Å².